The van der Waals surface area contributed by atoms with Crippen LogP contribution in [-0.2, 0) is 0 Å². The Morgan fingerprint density at radius 1 is 0.962 bits per heavy atom. The summed E-state index contributed by atoms with van der Waals surface area (Å²) < 4.78 is 0. The molecule has 0 aliphatic carbocycles. The molecule has 2 N–H and O–H groups in total. The second-order valence-electron chi connectivity index (χ2n) is 6.82. The van der Waals surface area contributed by atoms with Gasteiger partial charge in [-0.1, -0.05) is 60.2 Å². The monoisotopic (exact) mass is 342 g/mol. The molecule has 26 heavy (non-hydrogen) atoms. The molecule has 2 aromatic carbocycles. The fourth-order valence-electron chi connectivity index (χ4n) is 3.37. The van der Waals surface area contributed by atoms with E-state index in [4.69, 9.17) is 0 Å². The molecule has 0 saturated heterocycles. The molecule has 0 fully saturated rings. The maximum atomic E-state index is 12.6. The summed E-state index contributed by atoms with van der Waals surface area (Å²) >= 11 is 0. The lowest BCUT2D eigenvalue weighted by Crippen LogP contribution is -2.23. The lowest BCUT2D eigenvalue weighted by molar-refractivity contribution is 0.102. The quantitative estimate of drug-likeness (QED) is 0.642. The molecule has 0 unspecified atom stereocenters. The molecule has 2 heterocycles. The minimum absolute atomic E-state index is 0.118. The van der Waals surface area contributed by atoms with E-state index in [0.717, 1.165) is 35.4 Å². The lowest BCUT2D eigenvalue weighted by atomic mass is 9.94. The van der Waals surface area contributed by atoms with Crippen LogP contribution in [0.4, 0.5) is 0 Å². The van der Waals surface area contributed by atoms with Crippen LogP contribution in [0.5, 0.6) is 0 Å². The summed E-state index contributed by atoms with van der Waals surface area (Å²) in [6, 6.07) is 22.5. The molecule has 1 atom stereocenters. The Balaban J connectivity index is 1.47. The average molecular weight is 342 g/mol. The second kappa shape index (κ2) is 7.04. The largest absolute Gasteiger partial charge is 0.382 e. The minimum atomic E-state index is 0.118. The van der Waals surface area contributed by atoms with Gasteiger partial charge in [0.15, 0.2) is 5.78 Å². The predicted molar refractivity (Wildman–Crippen MR) is 105 cm³/mol. The Kier molecular flexibility index (Phi) is 4.44. The molecule has 0 bridgehead atoms. The van der Waals surface area contributed by atoms with Crippen molar-refractivity contribution in [2.45, 2.75) is 25.8 Å². The molecule has 1 aliphatic rings. The van der Waals surface area contributed by atoms with E-state index in [1.165, 1.54) is 11.1 Å². The van der Waals surface area contributed by atoms with Crippen molar-refractivity contribution >= 4 is 5.78 Å². The number of allylic oxidation sites excluding steroid dienone is 1. The molecule has 4 rings (SSSR count). The highest BCUT2D eigenvalue weighted by Gasteiger charge is 2.21. The number of hydrogen-bond acceptors (Lipinski definition) is 2. The third-order valence-corrected chi connectivity index (χ3v) is 4.94. The number of ketones is 1. The van der Waals surface area contributed by atoms with Crippen molar-refractivity contribution < 1.29 is 4.79 Å². The van der Waals surface area contributed by atoms with Crippen LogP contribution < -0.4 is 5.32 Å². The highest BCUT2D eigenvalue weighted by atomic mass is 16.1. The standard InChI is InChI=1S/C23H22N2O/c1-16-7-9-18(10-8-16)23(26)19-11-12-21(24-15-19)22-14-13-20(25-22)17-5-3-2-4-6-17/h2-10,13-15,21,24-25H,11-12H2,1H3/t21-/m1/s1. The highest BCUT2D eigenvalue weighted by molar-refractivity contribution is 6.08. The first-order chi connectivity index (χ1) is 12.7. The molecule has 0 radical (unpaired) electrons. The first-order valence-corrected chi connectivity index (χ1v) is 9.01. The van der Waals surface area contributed by atoms with Crippen LogP contribution in [0, 0.1) is 6.92 Å². The van der Waals surface area contributed by atoms with Crippen molar-refractivity contribution in [3.63, 3.8) is 0 Å². The summed E-state index contributed by atoms with van der Waals surface area (Å²) in [6.07, 6.45) is 3.57. The number of hydrogen-bond donors (Lipinski definition) is 2. The van der Waals surface area contributed by atoms with Gasteiger partial charge in [0.1, 0.15) is 0 Å². The van der Waals surface area contributed by atoms with Crippen molar-refractivity contribution in [1.29, 1.82) is 0 Å². The maximum Gasteiger partial charge on any atom is 0.190 e. The number of nitrogens with one attached hydrogen (secondary N) is 2. The van der Waals surface area contributed by atoms with Crippen molar-refractivity contribution in [3.05, 3.63) is 95.3 Å². The van der Waals surface area contributed by atoms with Gasteiger partial charge in [-0.3, -0.25) is 4.79 Å². The van der Waals surface area contributed by atoms with Crippen LogP contribution in [-0.4, -0.2) is 10.8 Å². The number of aromatic amines is 1. The summed E-state index contributed by atoms with van der Waals surface area (Å²) in [4.78, 5) is 16.1. The maximum absolute atomic E-state index is 12.6. The van der Waals surface area contributed by atoms with E-state index >= 15 is 0 Å². The topological polar surface area (TPSA) is 44.9 Å². The van der Waals surface area contributed by atoms with Crippen LogP contribution in [0.15, 0.2) is 78.5 Å². The zero-order chi connectivity index (χ0) is 17.9. The van der Waals surface area contributed by atoms with Crippen LogP contribution in [0.2, 0.25) is 0 Å². The van der Waals surface area contributed by atoms with Crippen molar-refractivity contribution in [1.82, 2.24) is 10.3 Å². The van der Waals surface area contributed by atoms with Gasteiger partial charge in [-0.2, -0.15) is 0 Å². The molecule has 0 amide bonds. The Hall–Kier alpha value is -3.07. The smallest absolute Gasteiger partial charge is 0.190 e. The summed E-state index contributed by atoms with van der Waals surface area (Å²) in [6.45, 7) is 2.03. The fraction of sp³-hybridized carbons (Fsp3) is 0.174. The normalized spacial score (nSPS) is 16.7. The molecule has 3 nitrogen and oxygen atoms in total. The van der Waals surface area contributed by atoms with Crippen molar-refractivity contribution in [3.8, 4) is 11.3 Å². The Bertz CT molecular complexity index is 936. The van der Waals surface area contributed by atoms with Gasteiger partial charge < -0.3 is 10.3 Å². The number of aromatic nitrogens is 1. The lowest BCUT2D eigenvalue weighted by Gasteiger charge is -2.23. The van der Waals surface area contributed by atoms with Gasteiger partial charge in [-0.15, -0.1) is 0 Å². The number of benzene rings is 2. The van der Waals surface area contributed by atoms with E-state index in [1.54, 1.807) is 0 Å². The summed E-state index contributed by atoms with van der Waals surface area (Å²) in [5.41, 5.74) is 6.22. The van der Waals surface area contributed by atoms with E-state index in [2.05, 4.69) is 34.6 Å². The molecule has 0 spiro atoms. The van der Waals surface area contributed by atoms with Gasteiger partial charge in [0.2, 0.25) is 0 Å². The molecule has 0 saturated carbocycles. The summed E-state index contributed by atoms with van der Waals surface area (Å²) in [5.74, 6) is 0.118. The predicted octanol–water partition coefficient (Wildman–Crippen LogP) is 5.18. The van der Waals surface area contributed by atoms with E-state index in [1.807, 2.05) is 55.6 Å². The fourth-order valence-corrected chi connectivity index (χ4v) is 3.37. The number of Topliss-reactive ketones (excluding diaryl/α,β-unsaturated/α-hetero) is 1. The number of carbonyl (C=O) groups is 1. The van der Waals surface area contributed by atoms with E-state index < -0.39 is 0 Å². The average Bonchev–Trinajstić information content (AvgIpc) is 3.19. The molecular formula is C23H22N2O. The van der Waals surface area contributed by atoms with Gasteiger partial charge in [0, 0.05) is 28.7 Å². The molecule has 130 valence electrons. The molecule has 1 aromatic heterocycles. The number of H-pyrrole nitrogens is 1. The first kappa shape index (κ1) is 16.4. The Morgan fingerprint density at radius 2 is 1.73 bits per heavy atom. The number of carbonyl (C=O) groups excluding carboxylic acids is 1. The summed E-state index contributed by atoms with van der Waals surface area (Å²) in [5, 5.41) is 3.40. The van der Waals surface area contributed by atoms with E-state index in [9.17, 15) is 4.79 Å². The molecule has 3 heteroatoms. The minimum Gasteiger partial charge on any atom is -0.382 e. The number of rotatable bonds is 4. The first-order valence-electron chi connectivity index (χ1n) is 9.01. The summed E-state index contributed by atoms with van der Waals surface area (Å²) in [7, 11) is 0. The molecule has 1 aliphatic heterocycles. The zero-order valence-corrected chi connectivity index (χ0v) is 14.8. The van der Waals surface area contributed by atoms with Crippen LogP contribution >= 0.6 is 0 Å². The SMILES string of the molecule is Cc1ccc(C(=O)C2=CN[C@@H](c3ccc(-c4ccccc4)[nH]3)CC2)cc1. The second-order valence-corrected chi connectivity index (χ2v) is 6.82. The van der Waals surface area contributed by atoms with Gasteiger partial charge in [0.25, 0.3) is 0 Å². The highest BCUT2D eigenvalue weighted by Crippen LogP contribution is 2.28. The van der Waals surface area contributed by atoms with Gasteiger partial charge in [-0.25, -0.2) is 0 Å². The molecular weight excluding hydrogens is 320 g/mol. The number of aryl methyl sites for hydroxylation is 1. The van der Waals surface area contributed by atoms with E-state index in [-0.39, 0.29) is 11.8 Å². The van der Waals surface area contributed by atoms with Crippen molar-refractivity contribution in [2.24, 2.45) is 0 Å². The van der Waals surface area contributed by atoms with Gasteiger partial charge in [-0.05, 0) is 37.5 Å². The van der Waals surface area contributed by atoms with Crippen LogP contribution in [0.1, 0.15) is 40.5 Å². The Labute approximate surface area is 153 Å². The van der Waals surface area contributed by atoms with Gasteiger partial charge >= 0.3 is 0 Å². The Morgan fingerprint density at radius 3 is 2.42 bits per heavy atom. The molecule has 3 aromatic rings. The third-order valence-electron chi connectivity index (χ3n) is 4.94. The van der Waals surface area contributed by atoms with Crippen molar-refractivity contribution in [2.75, 3.05) is 0 Å². The zero-order valence-electron chi connectivity index (χ0n) is 14.8. The van der Waals surface area contributed by atoms with Gasteiger partial charge in [0.05, 0.1) is 6.04 Å². The van der Waals surface area contributed by atoms with Crippen LogP contribution in [0.3, 0.4) is 0 Å². The third kappa shape index (κ3) is 3.33. The van der Waals surface area contributed by atoms with E-state index in [0.29, 0.717) is 0 Å². The van der Waals surface area contributed by atoms with Crippen LogP contribution in [0.25, 0.3) is 11.3 Å².